The fourth-order valence-electron chi connectivity index (χ4n) is 3.67. The summed E-state index contributed by atoms with van der Waals surface area (Å²) < 4.78 is 1.14. The predicted octanol–water partition coefficient (Wildman–Crippen LogP) is 4.15. The van der Waals surface area contributed by atoms with Crippen molar-refractivity contribution in [3.05, 3.63) is 33.3 Å². The smallest absolute Gasteiger partial charge is 0.0826 e. The van der Waals surface area contributed by atoms with Gasteiger partial charge in [0.1, 0.15) is 0 Å². The number of halogens is 1. The fourth-order valence-corrected chi connectivity index (χ4v) is 4.13. The third-order valence-corrected chi connectivity index (χ3v) is 5.56. The molecule has 2 aliphatic carbocycles. The van der Waals surface area contributed by atoms with E-state index < -0.39 is 0 Å². The second-order valence-electron chi connectivity index (χ2n) is 5.74. The number of fused-ring (bicyclic) bond motifs is 1. The molecule has 17 heavy (non-hydrogen) atoms. The molecular weight excluding hydrogens is 276 g/mol. The Morgan fingerprint density at radius 3 is 2.47 bits per heavy atom. The Bertz CT molecular complexity index is 444. The Morgan fingerprint density at radius 2 is 1.82 bits per heavy atom. The van der Waals surface area contributed by atoms with Crippen LogP contribution in [0.2, 0.25) is 0 Å². The summed E-state index contributed by atoms with van der Waals surface area (Å²) >= 11 is 3.55. The zero-order valence-electron chi connectivity index (χ0n) is 10.4. The van der Waals surface area contributed by atoms with Gasteiger partial charge in [0.2, 0.25) is 0 Å². The summed E-state index contributed by atoms with van der Waals surface area (Å²) in [4.78, 5) is 0. The molecule has 1 nitrogen and oxygen atoms in total. The van der Waals surface area contributed by atoms with Crippen molar-refractivity contribution in [2.24, 2.45) is 17.8 Å². The number of aliphatic hydroxyl groups excluding tert-OH is 1. The summed E-state index contributed by atoms with van der Waals surface area (Å²) in [6, 6.07) is 4.28. The monoisotopic (exact) mass is 294 g/mol. The summed E-state index contributed by atoms with van der Waals surface area (Å²) in [5, 5.41) is 10.5. The van der Waals surface area contributed by atoms with Crippen molar-refractivity contribution in [1.82, 2.24) is 0 Å². The van der Waals surface area contributed by atoms with Gasteiger partial charge in [0.25, 0.3) is 0 Å². The second-order valence-corrected chi connectivity index (χ2v) is 6.59. The highest BCUT2D eigenvalue weighted by Crippen LogP contribution is 2.62. The highest BCUT2D eigenvalue weighted by atomic mass is 79.9. The molecule has 1 aromatic rings. The largest absolute Gasteiger partial charge is 0.388 e. The zero-order chi connectivity index (χ0) is 12.2. The van der Waals surface area contributed by atoms with E-state index in [1.807, 2.05) is 0 Å². The lowest BCUT2D eigenvalue weighted by atomic mass is 9.95. The van der Waals surface area contributed by atoms with Crippen LogP contribution in [0.4, 0.5) is 0 Å². The Hall–Kier alpha value is -0.340. The average molecular weight is 295 g/mol. The summed E-state index contributed by atoms with van der Waals surface area (Å²) in [6.45, 7) is 4.19. The van der Waals surface area contributed by atoms with E-state index in [4.69, 9.17) is 0 Å². The van der Waals surface area contributed by atoms with Crippen LogP contribution in [0.15, 0.2) is 16.6 Å². The first-order valence-electron chi connectivity index (χ1n) is 6.54. The van der Waals surface area contributed by atoms with Gasteiger partial charge in [-0.25, -0.2) is 0 Å². The Morgan fingerprint density at radius 1 is 1.18 bits per heavy atom. The van der Waals surface area contributed by atoms with E-state index in [0.717, 1.165) is 21.9 Å². The number of hydrogen-bond acceptors (Lipinski definition) is 1. The van der Waals surface area contributed by atoms with Gasteiger partial charge in [0.15, 0.2) is 0 Å². The Labute approximate surface area is 111 Å². The van der Waals surface area contributed by atoms with Crippen LogP contribution in [0.5, 0.6) is 0 Å². The third-order valence-electron chi connectivity index (χ3n) is 4.70. The third kappa shape index (κ3) is 1.86. The van der Waals surface area contributed by atoms with Crippen molar-refractivity contribution in [3.63, 3.8) is 0 Å². The number of rotatable bonds is 2. The molecule has 1 aromatic carbocycles. The quantitative estimate of drug-likeness (QED) is 0.869. The molecule has 92 valence electrons. The summed E-state index contributed by atoms with van der Waals surface area (Å²) in [6.07, 6.45) is 3.80. The van der Waals surface area contributed by atoms with E-state index in [9.17, 15) is 5.11 Å². The molecule has 0 amide bonds. The van der Waals surface area contributed by atoms with Gasteiger partial charge < -0.3 is 5.11 Å². The molecule has 3 rings (SSSR count). The fraction of sp³-hybridized carbons (Fsp3) is 0.600. The average Bonchev–Trinajstić information content (AvgIpc) is 2.76. The molecule has 0 bridgehead atoms. The normalized spacial score (nSPS) is 32.4. The molecule has 3 atom stereocenters. The molecule has 0 spiro atoms. The molecule has 0 radical (unpaired) electrons. The lowest BCUT2D eigenvalue weighted by Gasteiger charge is -2.17. The van der Waals surface area contributed by atoms with Crippen molar-refractivity contribution in [2.75, 3.05) is 0 Å². The van der Waals surface area contributed by atoms with Crippen LogP contribution in [0.3, 0.4) is 0 Å². The summed E-state index contributed by atoms with van der Waals surface area (Å²) in [7, 11) is 0. The van der Waals surface area contributed by atoms with Gasteiger partial charge in [-0.3, -0.25) is 0 Å². The minimum atomic E-state index is -0.239. The van der Waals surface area contributed by atoms with E-state index in [2.05, 4.69) is 41.9 Å². The van der Waals surface area contributed by atoms with E-state index in [0.29, 0.717) is 5.92 Å². The minimum Gasteiger partial charge on any atom is -0.388 e. The Kier molecular flexibility index (Phi) is 2.83. The number of aryl methyl sites for hydroxylation is 2. The molecule has 1 N–H and O–H groups in total. The second kappa shape index (κ2) is 4.10. The van der Waals surface area contributed by atoms with Crippen LogP contribution in [0.25, 0.3) is 0 Å². The lowest BCUT2D eigenvalue weighted by molar-refractivity contribution is 0.136. The maximum Gasteiger partial charge on any atom is 0.0826 e. The van der Waals surface area contributed by atoms with Crippen molar-refractivity contribution in [3.8, 4) is 0 Å². The van der Waals surface area contributed by atoms with Gasteiger partial charge in [-0.1, -0.05) is 28.4 Å². The summed E-state index contributed by atoms with van der Waals surface area (Å²) in [5.74, 6) is 2.17. The van der Waals surface area contributed by atoms with Crippen molar-refractivity contribution in [1.29, 1.82) is 0 Å². The van der Waals surface area contributed by atoms with E-state index in [1.165, 1.54) is 30.4 Å². The van der Waals surface area contributed by atoms with E-state index in [1.54, 1.807) is 0 Å². The summed E-state index contributed by atoms with van der Waals surface area (Å²) in [5.41, 5.74) is 3.57. The van der Waals surface area contributed by atoms with E-state index in [-0.39, 0.29) is 6.10 Å². The van der Waals surface area contributed by atoms with Crippen LogP contribution < -0.4 is 0 Å². The maximum atomic E-state index is 10.5. The van der Waals surface area contributed by atoms with Crippen LogP contribution in [-0.4, -0.2) is 5.11 Å². The zero-order valence-corrected chi connectivity index (χ0v) is 12.0. The SMILES string of the molecule is Cc1cc(C(O)C2C3CCCC32)c(C)cc1Br. The van der Waals surface area contributed by atoms with Crippen molar-refractivity contribution >= 4 is 15.9 Å². The molecule has 2 saturated carbocycles. The maximum absolute atomic E-state index is 10.5. The molecule has 2 aliphatic rings. The Balaban J connectivity index is 1.87. The molecular formula is C15H19BrO. The van der Waals surface area contributed by atoms with Crippen LogP contribution in [0.1, 0.15) is 42.1 Å². The first-order chi connectivity index (χ1) is 8.09. The standard InChI is InChI=1S/C15H19BrO/c1-8-7-13(16)9(2)6-12(8)15(17)14-10-4-3-5-11(10)14/h6-7,10-11,14-15,17H,3-5H2,1-2H3. The topological polar surface area (TPSA) is 20.2 Å². The molecule has 0 aliphatic heterocycles. The van der Waals surface area contributed by atoms with Crippen molar-refractivity contribution in [2.45, 2.75) is 39.2 Å². The highest BCUT2D eigenvalue weighted by Gasteiger charge is 2.56. The number of aliphatic hydroxyl groups is 1. The molecule has 0 heterocycles. The number of hydrogen-bond donors (Lipinski definition) is 1. The van der Waals surface area contributed by atoms with Gasteiger partial charge in [-0.15, -0.1) is 0 Å². The van der Waals surface area contributed by atoms with Crippen LogP contribution in [-0.2, 0) is 0 Å². The van der Waals surface area contributed by atoms with Crippen molar-refractivity contribution < 1.29 is 5.11 Å². The van der Waals surface area contributed by atoms with Gasteiger partial charge in [-0.05, 0) is 67.2 Å². The molecule has 0 saturated heterocycles. The molecule has 2 heteroatoms. The van der Waals surface area contributed by atoms with Gasteiger partial charge >= 0.3 is 0 Å². The van der Waals surface area contributed by atoms with Gasteiger partial charge in [-0.2, -0.15) is 0 Å². The first kappa shape index (κ1) is 11.7. The number of benzene rings is 1. The highest BCUT2D eigenvalue weighted by molar-refractivity contribution is 9.10. The minimum absolute atomic E-state index is 0.239. The predicted molar refractivity (Wildman–Crippen MR) is 72.9 cm³/mol. The lowest BCUT2D eigenvalue weighted by Crippen LogP contribution is -2.06. The molecule has 3 unspecified atom stereocenters. The van der Waals surface area contributed by atoms with Crippen LogP contribution in [0, 0.1) is 31.6 Å². The van der Waals surface area contributed by atoms with Crippen LogP contribution >= 0.6 is 15.9 Å². The first-order valence-corrected chi connectivity index (χ1v) is 7.33. The molecule has 2 fully saturated rings. The van der Waals surface area contributed by atoms with Gasteiger partial charge in [0.05, 0.1) is 6.10 Å². The van der Waals surface area contributed by atoms with E-state index >= 15 is 0 Å². The molecule has 0 aromatic heterocycles. The van der Waals surface area contributed by atoms with Gasteiger partial charge in [0, 0.05) is 4.47 Å².